The van der Waals surface area contributed by atoms with Crippen LogP contribution in [0.4, 0.5) is 0 Å². The summed E-state index contributed by atoms with van der Waals surface area (Å²) < 4.78 is 0. The third-order valence-electron chi connectivity index (χ3n) is 6.67. The Kier molecular flexibility index (Phi) is 5.09. The number of nitrogens with zero attached hydrogens (tertiary/aromatic N) is 2. The zero-order valence-corrected chi connectivity index (χ0v) is 18.1. The number of nitrogens with one attached hydrogen (secondary N) is 4. The average Bonchev–Trinajstić information content (AvgIpc) is 3.66. The third kappa shape index (κ3) is 3.76. The SMILES string of the molecule is c1cc(-c2c[nH]c(C3CCCN3)n2)ccc1-c1ccc(-c2c[nH]c(C3CCCN3)n2)cc1. The molecule has 162 valence electrons. The molecule has 4 N–H and O–H groups in total. The van der Waals surface area contributed by atoms with Gasteiger partial charge in [-0.2, -0.15) is 0 Å². The molecular formula is C26H28N6. The lowest BCUT2D eigenvalue weighted by Crippen LogP contribution is -2.14. The standard InChI is InChI=1S/C26H28N6/c1-3-21(27-13-1)25-29-15-23(31-25)19-9-5-17(6-10-19)18-7-11-20(12-8-18)24-16-30-26(32-24)22-4-2-14-28-22/h5-12,15-16,21-22,27-28H,1-4,13-14H2,(H,29,31)(H,30,32). The van der Waals surface area contributed by atoms with E-state index in [4.69, 9.17) is 9.97 Å². The molecule has 2 atom stereocenters. The molecule has 0 aliphatic carbocycles. The number of aromatic nitrogens is 4. The molecule has 2 aliphatic heterocycles. The highest BCUT2D eigenvalue weighted by atomic mass is 15.0. The van der Waals surface area contributed by atoms with Crippen molar-refractivity contribution in [3.8, 4) is 33.6 Å². The van der Waals surface area contributed by atoms with Gasteiger partial charge in [-0.15, -0.1) is 0 Å². The Balaban J connectivity index is 1.17. The summed E-state index contributed by atoms with van der Waals surface area (Å²) in [5.74, 6) is 2.09. The van der Waals surface area contributed by atoms with Gasteiger partial charge in [-0.3, -0.25) is 0 Å². The molecule has 4 heterocycles. The Morgan fingerprint density at radius 3 is 1.34 bits per heavy atom. The number of hydrogen-bond donors (Lipinski definition) is 4. The topological polar surface area (TPSA) is 81.4 Å². The second kappa shape index (κ2) is 8.37. The van der Waals surface area contributed by atoms with E-state index >= 15 is 0 Å². The van der Waals surface area contributed by atoms with E-state index in [2.05, 4.69) is 69.1 Å². The predicted octanol–water partition coefficient (Wildman–Crippen LogP) is 4.98. The molecule has 32 heavy (non-hydrogen) atoms. The Morgan fingerprint density at radius 1 is 0.562 bits per heavy atom. The lowest BCUT2D eigenvalue weighted by Gasteiger charge is -2.06. The average molecular weight is 425 g/mol. The molecule has 6 rings (SSSR count). The van der Waals surface area contributed by atoms with Crippen molar-refractivity contribution >= 4 is 0 Å². The normalized spacial score (nSPS) is 20.8. The molecule has 0 bridgehead atoms. The van der Waals surface area contributed by atoms with Gasteiger partial charge < -0.3 is 20.6 Å². The van der Waals surface area contributed by atoms with Crippen molar-refractivity contribution in [1.29, 1.82) is 0 Å². The summed E-state index contributed by atoms with van der Waals surface area (Å²) in [6.45, 7) is 2.15. The summed E-state index contributed by atoms with van der Waals surface area (Å²) in [4.78, 5) is 16.3. The maximum Gasteiger partial charge on any atom is 0.124 e. The van der Waals surface area contributed by atoms with E-state index in [1.807, 2.05) is 12.4 Å². The zero-order valence-electron chi connectivity index (χ0n) is 18.1. The number of H-pyrrole nitrogens is 2. The van der Waals surface area contributed by atoms with E-state index < -0.39 is 0 Å². The second-order valence-electron chi connectivity index (χ2n) is 8.79. The summed E-state index contributed by atoms with van der Waals surface area (Å²) in [6, 6.07) is 18.0. The number of hydrogen-bond acceptors (Lipinski definition) is 4. The summed E-state index contributed by atoms with van der Waals surface area (Å²) in [5.41, 5.74) is 6.67. The highest BCUT2D eigenvalue weighted by Crippen LogP contribution is 2.29. The number of aromatic amines is 2. The number of imidazole rings is 2. The third-order valence-corrected chi connectivity index (χ3v) is 6.67. The minimum absolute atomic E-state index is 0.363. The molecule has 2 fully saturated rings. The molecule has 0 radical (unpaired) electrons. The van der Waals surface area contributed by atoms with E-state index in [9.17, 15) is 0 Å². The van der Waals surface area contributed by atoms with Crippen LogP contribution < -0.4 is 10.6 Å². The minimum atomic E-state index is 0.363. The largest absolute Gasteiger partial charge is 0.347 e. The van der Waals surface area contributed by atoms with Crippen LogP contribution in [0.3, 0.4) is 0 Å². The fourth-order valence-corrected chi connectivity index (χ4v) is 4.83. The van der Waals surface area contributed by atoms with Crippen LogP contribution in [0.1, 0.15) is 49.4 Å². The van der Waals surface area contributed by atoms with Crippen molar-refractivity contribution in [3.05, 3.63) is 72.6 Å². The molecule has 2 aliphatic rings. The minimum Gasteiger partial charge on any atom is -0.347 e. The zero-order chi connectivity index (χ0) is 21.3. The van der Waals surface area contributed by atoms with Crippen LogP contribution in [0.15, 0.2) is 60.9 Å². The molecule has 0 amide bonds. The first kappa shape index (κ1) is 19.5. The predicted molar refractivity (Wildman–Crippen MR) is 127 cm³/mol. The van der Waals surface area contributed by atoms with Gasteiger partial charge in [0.25, 0.3) is 0 Å². The van der Waals surface area contributed by atoms with E-state index in [1.54, 1.807) is 0 Å². The van der Waals surface area contributed by atoms with Gasteiger partial charge in [0, 0.05) is 23.5 Å². The summed E-state index contributed by atoms with van der Waals surface area (Å²) in [5, 5.41) is 6.99. The highest BCUT2D eigenvalue weighted by molar-refractivity contribution is 5.71. The van der Waals surface area contributed by atoms with Crippen molar-refractivity contribution in [2.45, 2.75) is 37.8 Å². The van der Waals surface area contributed by atoms with Crippen LogP contribution in [0.2, 0.25) is 0 Å². The Hall–Kier alpha value is -3.22. The molecule has 0 spiro atoms. The Labute approximate surface area is 187 Å². The molecule has 2 aromatic heterocycles. The fraction of sp³-hybridized carbons (Fsp3) is 0.308. The first-order valence-electron chi connectivity index (χ1n) is 11.6. The maximum atomic E-state index is 4.81. The van der Waals surface area contributed by atoms with Crippen LogP contribution in [0, 0.1) is 0 Å². The number of rotatable bonds is 5. The van der Waals surface area contributed by atoms with Crippen molar-refractivity contribution in [3.63, 3.8) is 0 Å². The lowest BCUT2D eigenvalue weighted by molar-refractivity contribution is 0.613. The van der Waals surface area contributed by atoms with E-state index in [0.29, 0.717) is 12.1 Å². The van der Waals surface area contributed by atoms with Gasteiger partial charge >= 0.3 is 0 Å². The van der Waals surface area contributed by atoms with Crippen LogP contribution in [0.5, 0.6) is 0 Å². The van der Waals surface area contributed by atoms with Crippen LogP contribution in [0.25, 0.3) is 33.6 Å². The molecule has 2 aromatic carbocycles. The van der Waals surface area contributed by atoms with Gasteiger partial charge in [-0.1, -0.05) is 48.5 Å². The molecule has 2 saturated heterocycles. The van der Waals surface area contributed by atoms with Gasteiger partial charge in [0.15, 0.2) is 0 Å². The monoisotopic (exact) mass is 424 g/mol. The lowest BCUT2D eigenvalue weighted by atomic mass is 10.0. The Morgan fingerprint density at radius 2 is 0.969 bits per heavy atom. The first-order chi connectivity index (χ1) is 15.8. The quantitative estimate of drug-likeness (QED) is 0.364. The van der Waals surface area contributed by atoms with Crippen LogP contribution >= 0.6 is 0 Å². The van der Waals surface area contributed by atoms with Crippen molar-refractivity contribution in [2.75, 3.05) is 13.1 Å². The molecule has 6 heteroatoms. The Bertz CT molecular complexity index is 1080. The molecule has 2 unspecified atom stereocenters. The van der Waals surface area contributed by atoms with Gasteiger partial charge in [0.2, 0.25) is 0 Å². The van der Waals surface area contributed by atoms with Crippen molar-refractivity contribution in [2.24, 2.45) is 0 Å². The highest BCUT2D eigenvalue weighted by Gasteiger charge is 2.20. The van der Waals surface area contributed by atoms with Crippen molar-refractivity contribution in [1.82, 2.24) is 30.6 Å². The molecule has 0 saturated carbocycles. The summed E-state index contributed by atoms with van der Waals surface area (Å²) in [6.07, 6.45) is 8.76. The molecule has 6 nitrogen and oxygen atoms in total. The van der Waals surface area contributed by atoms with Gasteiger partial charge in [0.05, 0.1) is 23.5 Å². The maximum absolute atomic E-state index is 4.81. The van der Waals surface area contributed by atoms with Gasteiger partial charge in [-0.25, -0.2) is 9.97 Å². The summed E-state index contributed by atoms with van der Waals surface area (Å²) in [7, 11) is 0. The molecule has 4 aromatic rings. The van der Waals surface area contributed by atoms with E-state index in [0.717, 1.165) is 60.1 Å². The van der Waals surface area contributed by atoms with Crippen LogP contribution in [-0.4, -0.2) is 33.0 Å². The van der Waals surface area contributed by atoms with Gasteiger partial charge in [0.1, 0.15) is 11.6 Å². The number of benzene rings is 2. The summed E-state index contributed by atoms with van der Waals surface area (Å²) >= 11 is 0. The fourth-order valence-electron chi connectivity index (χ4n) is 4.83. The first-order valence-corrected chi connectivity index (χ1v) is 11.6. The van der Waals surface area contributed by atoms with Crippen molar-refractivity contribution < 1.29 is 0 Å². The van der Waals surface area contributed by atoms with Crippen LogP contribution in [-0.2, 0) is 0 Å². The molecular weight excluding hydrogens is 396 g/mol. The van der Waals surface area contributed by atoms with E-state index in [-0.39, 0.29) is 0 Å². The van der Waals surface area contributed by atoms with Gasteiger partial charge in [-0.05, 0) is 49.9 Å². The second-order valence-corrected chi connectivity index (χ2v) is 8.79. The smallest absolute Gasteiger partial charge is 0.124 e. The van der Waals surface area contributed by atoms with E-state index in [1.165, 1.54) is 24.0 Å².